The summed E-state index contributed by atoms with van der Waals surface area (Å²) in [5, 5.41) is 0. The van der Waals surface area contributed by atoms with Gasteiger partial charge in [0.15, 0.2) is 5.58 Å². The second kappa shape index (κ2) is 3.55. The van der Waals surface area contributed by atoms with E-state index in [1.165, 1.54) is 0 Å². The van der Waals surface area contributed by atoms with Gasteiger partial charge in [0.05, 0.1) is 5.88 Å². The van der Waals surface area contributed by atoms with Crippen LogP contribution in [-0.4, -0.2) is 4.98 Å². The molecule has 0 aliphatic rings. The number of hydrogen-bond donors (Lipinski definition) is 0. The molecule has 0 unspecified atom stereocenters. The topological polar surface area (TPSA) is 26.0 Å². The maximum Gasteiger partial charge on any atom is 0.210 e. The number of halogens is 2. The highest BCUT2D eigenvalue weighted by Gasteiger charge is 2.12. The number of aromatic nitrogens is 1. The lowest BCUT2D eigenvalue weighted by molar-refractivity contribution is 0.553. The fraction of sp³-hybridized carbons (Fsp3) is 0.300. The molecule has 2 rings (SSSR count). The molecular formula is C10H9BrClNO. The van der Waals surface area contributed by atoms with Gasteiger partial charge in [0.25, 0.3) is 0 Å². The minimum Gasteiger partial charge on any atom is -0.439 e. The van der Waals surface area contributed by atoms with Crippen molar-refractivity contribution in [2.45, 2.75) is 19.7 Å². The maximum atomic E-state index is 5.67. The molecule has 1 aromatic carbocycles. The van der Waals surface area contributed by atoms with Crippen molar-refractivity contribution >= 4 is 38.6 Å². The first-order valence-corrected chi connectivity index (χ1v) is 5.57. The average molecular weight is 275 g/mol. The molecule has 2 aromatic rings. The summed E-state index contributed by atoms with van der Waals surface area (Å²) in [7, 11) is 0. The number of oxazole rings is 1. The summed E-state index contributed by atoms with van der Waals surface area (Å²) in [6.07, 6.45) is 0. The summed E-state index contributed by atoms with van der Waals surface area (Å²) in [5.41, 5.74) is 3.89. The van der Waals surface area contributed by atoms with Crippen molar-refractivity contribution in [3.05, 3.63) is 27.6 Å². The maximum absolute atomic E-state index is 5.67. The normalized spacial score (nSPS) is 11.1. The van der Waals surface area contributed by atoms with Crippen LogP contribution in [-0.2, 0) is 5.88 Å². The van der Waals surface area contributed by atoms with Crippen molar-refractivity contribution in [3.63, 3.8) is 0 Å². The van der Waals surface area contributed by atoms with Gasteiger partial charge in [0.2, 0.25) is 5.89 Å². The highest BCUT2D eigenvalue weighted by atomic mass is 79.9. The lowest BCUT2D eigenvalue weighted by Gasteiger charge is -1.99. The Hall–Kier alpha value is -0.540. The van der Waals surface area contributed by atoms with Gasteiger partial charge in [-0.2, -0.15) is 0 Å². The number of benzene rings is 1. The van der Waals surface area contributed by atoms with Crippen LogP contribution in [0.5, 0.6) is 0 Å². The van der Waals surface area contributed by atoms with E-state index in [1.54, 1.807) is 0 Å². The molecule has 0 N–H and O–H groups in total. The van der Waals surface area contributed by atoms with Gasteiger partial charge in [0, 0.05) is 4.47 Å². The molecule has 0 spiro atoms. The van der Waals surface area contributed by atoms with E-state index in [-0.39, 0.29) is 0 Å². The Balaban J connectivity index is 2.84. The van der Waals surface area contributed by atoms with Crippen molar-refractivity contribution in [1.82, 2.24) is 4.98 Å². The number of fused-ring (bicyclic) bond motifs is 1. The van der Waals surface area contributed by atoms with Crippen LogP contribution >= 0.6 is 27.5 Å². The smallest absolute Gasteiger partial charge is 0.210 e. The van der Waals surface area contributed by atoms with Gasteiger partial charge in [-0.3, -0.25) is 0 Å². The van der Waals surface area contributed by atoms with Crippen molar-refractivity contribution in [2.75, 3.05) is 0 Å². The Labute approximate surface area is 95.4 Å². The van der Waals surface area contributed by atoms with Crippen LogP contribution in [0.2, 0.25) is 0 Å². The number of rotatable bonds is 1. The quantitative estimate of drug-likeness (QED) is 0.736. The van der Waals surface area contributed by atoms with Crippen LogP contribution in [0.3, 0.4) is 0 Å². The summed E-state index contributed by atoms with van der Waals surface area (Å²) < 4.78 is 6.57. The fourth-order valence-corrected chi connectivity index (χ4v) is 2.07. The molecule has 1 heterocycles. The average Bonchev–Trinajstić information content (AvgIpc) is 2.58. The number of aryl methyl sites for hydroxylation is 2. The van der Waals surface area contributed by atoms with Gasteiger partial charge < -0.3 is 4.42 Å². The van der Waals surface area contributed by atoms with Crippen LogP contribution in [0.1, 0.15) is 17.0 Å². The fourth-order valence-electron chi connectivity index (χ4n) is 1.42. The van der Waals surface area contributed by atoms with E-state index in [2.05, 4.69) is 20.9 Å². The molecule has 0 saturated carbocycles. The molecule has 14 heavy (non-hydrogen) atoms. The van der Waals surface area contributed by atoms with Gasteiger partial charge in [-0.05, 0) is 31.0 Å². The predicted octanol–water partition coefficient (Wildman–Crippen LogP) is 3.95. The van der Waals surface area contributed by atoms with Gasteiger partial charge in [-0.15, -0.1) is 11.6 Å². The Bertz CT molecular complexity index is 492. The van der Waals surface area contributed by atoms with E-state index in [4.69, 9.17) is 16.0 Å². The second-order valence-corrected chi connectivity index (χ2v) is 4.34. The van der Waals surface area contributed by atoms with Crippen molar-refractivity contribution in [2.24, 2.45) is 0 Å². The number of nitrogens with zero attached hydrogens (tertiary/aromatic N) is 1. The lowest BCUT2D eigenvalue weighted by atomic mass is 10.1. The second-order valence-electron chi connectivity index (χ2n) is 3.22. The third kappa shape index (κ3) is 1.44. The molecule has 0 aliphatic carbocycles. The number of hydrogen-bond acceptors (Lipinski definition) is 2. The van der Waals surface area contributed by atoms with E-state index >= 15 is 0 Å². The van der Waals surface area contributed by atoms with Crippen LogP contribution in [0.4, 0.5) is 0 Å². The molecule has 74 valence electrons. The molecule has 2 nitrogen and oxygen atoms in total. The zero-order valence-corrected chi connectivity index (χ0v) is 10.2. The first-order valence-electron chi connectivity index (χ1n) is 4.24. The van der Waals surface area contributed by atoms with Gasteiger partial charge in [0.1, 0.15) is 5.52 Å². The summed E-state index contributed by atoms with van der Waals surface area (Å²) >= 11 is 9.16. The zero-order chi connectivity index (χ0) is 10.3. The third-order valence-electron chi connectivity index (χ3n) is 2.20. The van der Waals surface area contributed by atoms with E-state index in [1.807, 2.05) is 19.9 Å². The Morgan fingerprint density at radius 1 is 1.50 bits per heavy atom. The SMILES string of the molecule is Cc1c(Br)cc(C)c2oc(CCl)nc12. The van der Waals surface area contributed by atoms with Crippen LogP contribution in [0, 0.1) is 13.8 Å². The van der Waals surface area contributed by atoms with Gasteiger partial charge in [-0.25, -0.2) is 4.98 Å². The van der Waals surface area contributed by atoms with Gasteiger partial charge >= 0.3 is 0 Å². The summed E-state index contributed by atoms with van der Waals surface area (Å²) in [6.45, 7) is 4.00. The van der Waals surface area contributed by atoms with Gasteiger partial charge in [-0.1, -0.05) is 15.9 Å². The Kier molecular flexibility index (Phi) is 2.54. The van der Waals surface area contributed by atoms with Crippen molar-refractivity contribution < 1.29 is 4.42 Å². The highest BCUT2D eigenvalue weighted by molar-refractivity contribution is 9.10. The minimum absolute atomic E-state index is 0.311. The summed E-state index contributed by atoms with van der Waals surface area (Å²) in [6, 6.07) is 2.03. The predicted molar refractivity (Wildman–Crippen MR) is 60.7 cm³/mol. The molecule has 0 amide bonds. The largest absolute Gasteiger partial charge is 0.439 e. The summed E-state index contributed by atoms with van der Waals surface area (Å²) in [5.74, 6) is 0.886. The van der Waals surface area contributed by atoms with E-state index in [9.17, 15) is 0 Å². The Morgan fingerprint density at radius 2 is 2.21 bits per heavy atom. The molecule has 0 bridgehead atoms. The van der Waals surface area contributed by atoms with E-state index in [0.29, 0.717) is 11.8 Å². The van der Waals surface area contributed by atoms with E-state index in [0.717, 1.165) is 26.7 Å². The molecule has 0 atom stereocenters. The molecule has 1 aromatic heterocycles. The minimum atomic E-state index is 0.311. The summed E-state index contributed by atoms with van der Waals surface area (Å²) in [4.78, 5) is 4.32. The monoisotopic (exact) mass is 273 g/mol. The van der Waals surface area contributed by atoms with Crippen molar-refractivity contribution in [3.8, 4) is 0 Å². The Morgan fingerprint density at radius 3 is 2.86 bits per heavy atom. The lowest BCUT2D eigenvalue weighted by Crippen LogP contribution is -1.82. The highest BCUT2D eigenvalue weighted by Crippen LogP contribution is 2.29. The first-order chi connectivity index (χ1) is 6.63. The third-order valence-corrected chi connectivity index (χ3v) is 3.25. The van der Waals surface area contributed by atoms with Crippen molar-refractivity contribution in [1.29, 1.82) is 0 Å². The zero-order valence-electron chi connectivity index (χ0n) is 7.90. The molecule has 4 heteroatoms. The van der Waals surface area contributed by atoms with Crippen LogP contribution in [0.15, 0.2) is 15.0 Å². The standard InChI is InChI=1S/C10H9BrClNO/c1-5-3-7(11)6(2)9-10(5)14-8(4-12)13-9/h3H,4H2,1-2H3. The molecule has 0 radical (unpaired) electrons. The molecular weight excluding hydrogens is 265 g/mol. The van der Waals surface area contributed by atoms with E-state index < -0.39 is 0 Å². The first kappa shape index (κ1) is 9.99. The molecule has 0 saturated heterocycles. The van der Waals surface area contributed by atoms with Crippen LogP contribution < -0.4 is 0 Å². The molecule has 0 fully saturated rings. The molecule has 0 aliphatic heterocycles. The van der Waals surface area contributed by atoms with Crippen LogP contribution in [0.25, 0.3) is 11.1 Å². The number of alkyl halides is 1.